The van der Waals surface area contributed by atoms with Gasteiger partial charge in [0.05, 0.1) is 17.1 Å². The average Bonchev–Trinajstić information content (AvgIpc) is 3.26. The van der Waals surface area contributed by atoms with Gasteiger partial charge in [-0.05, 0) is 19.1 Å². The molecule has 0 spiro atoms. The minimum Gasteiger partial charge on any atom is -0.354 e. The third-order valence-corrected chi connectivity index (χ3v) is 5.56. The fourth-order valence-corrected chi connectivity index (χ4v) is 4.26. The Kier molecular flexibility index (Phi) is 5.52. The average molecular weight is 361 g/mol. The van der Waals surface area contributed by atoms with E-state index in [1.807, 2.05) is 36.6 Å². The van der Waals surface area contributed by atoms with Crippen LogP contribution in [0.4, 0.5) is 0 Å². The van der Waals surface area contributed by atoms with Gasteiger partial charge in [-0.1, -0.05) is 17.7 Å². The van der Waals surface area contributed by atoms with Gasteiger partial charge in [0.25, 0.3) is 5.91 Å². The van der Waals surface area contributed by atoms with Gasteiger partial charge < -0.3 is 10.2 Å². The van der Waals surface area contributed by atoms with Crippen molar-refractivity contribution in [1.29, 1.82) is 0 Å². The highest BCUT2D eigenvalue weighted by Crippen LogP contribution is 2.23. The van der Waals surface area contributed by atoms with Gasteiger partial charge in [0.1, 0.15) is 6.04 Å². The van der Waals surface area contributed by atoms with Crippen LogP contribution in [-0.2, 0) is 11.2 Å². The van der Waals surface area contributed by atoms with Crippen LogP contribution in [0.5, 0.6) is 0 Å². The highest BCUT2D eigenvalue weighted by Gasteiger charge is 2.34. The smallest absolute Gasteiger partial charge is 0.255 e. The van der Waals surface area contributed by atoms with E-state index < -0.39 is 6.04 Å². The standard InChI is InChI=1S/C17H19N3O2S2/c1-12-2-4-13(5-3-12)17(22)20-11-24-9-15(20)16(21)18-7-6-14-8-23-10-19-14/h2-5,8,10,15H,6-7,9,11H2,1H3,(H,18,21). The first-order valence-corrected chi connectivity index (χ1v) is 9.85. The fraction of sp³-hybridized carbons (Fsp3) is 0.353. The topological polar surface area (TPSA) is 62.3 Å². The number of thioether (sulfide) groups is 1. The van der Waals surface area contributed by atoms with Crippen molar-refractivity contribution < 1.29 is 9.59 Å². The molecule has 2 heterocycles. The van der Waals surface area contributed by atoms with E-state index in [2.05, 4.69) is 10.3 Å². The molecule has 1 saturated heterocycles. The number of nitrogens with zero attached hydrogens (tertiary/aromatic N) is 2. The zero-order valence-electron chi connectivity index (χ0n) is 13.4. The van der Waals surface area contributed by atoms with Crippen LogP contribution in [0.15, 0.2) is 35.2 Å². The molecule has 0 bridgehead atoms. The van der Waals surface area contributed by atoms with Gasteiger partial charge in [-0.3, -0.25) is 9.59 Å². The molecule has 126 valence electrons. The molecule has 24 heavy (non-hydrogen) atoms. The van der Waals surface area contributed by atoms with Crippen molar-refractivity contribution in [3.63, 3.8) is 0 Å². The number of benzene rings is 1. The van der Waals surface area contributed by atoms with Crippen LogP contribution in [-0.4, -0.2) is 45.9 Å². The van der Waals surface area contributed by atoms with Crippen LogP contribution >= 0.6 is 23.1 Å². The lowest BCUT2D eigenvalue weighted by Crippen LogP contribution is -2.47. The van der Waals surface area contributed by atoms with Crippen molar-refractivity contribution in [3.05, 3.63) is 52.0 Å². The molecule has 7 heteroatoms. The van der Waals surface area contributed by atoms with E-state index in [-0.39, 0.29) is 11.8 Å². The summed E-state index contributed by atoms with van der Waals surface area (Å²) in [5, 5.41) is 4.90. The van der Waals surface area contributed by atoms with Gasteiger partial charge >= 0.3 is 0 Å². The van der Waals surface area contributed by atoms with E-state index in [0.29, 0.717) is 30.2 Å². The Morgan fingerprint density at radius 3 is 2.83 bits per heavy atom. The number of hydrogen-bond acceptors (Lipinski definition) is 5. The molecular formula is C17H19N3O2S2. The summed E-state index contributed by atoms with van der Waals surface area (Å²) >= 11 is 3.16. The molecule has 1 N–H and O–H groups in total. The van der Waals surface area contributed by atoms with Crippen LogP contribution < -0.4 is 5.32 Å². The monoisotopic (exact) mass is 361 g/mol. The van der Waals surface area contributed by atoms with Gasteiger partial charge in [-0.15, -0.1) is 23.1 Å². The number of aryl methyl sites for hydroxylation is 1. The molecule has 1 unspecified atom stereocenters. The molecule has 1 aliphatic heterocycles. The largest absolute Gasteiger partial charge is 0.354 e. The number of thiazole rings is 1. The predicted octanol–water partition coefficient (Wildman–Crippen LogP) is 2.33. The van der Waals surface area contributed by atoms with E-state index in [9.17, 15) is 9.59 Å². The first kappa shape index (κ1) is 17.0. The lowest BCUT2D eigenvalue weighted by atomic mass is 10.1. The Morgan fingerprint density at radius 1 is 1.33 bits per heavy atom. The SMILES string of the molecule is Cc1ccc(C(=O)N2CSCC2C(=O)NCCc2cscn2)cc1. The van der Waals surface area contributed by atoms with Gasteiger partial charge in [-0.25, -0.2) is 4.98 Å². The molecule has 0 radical (unpaired) electrons. The molecular weight excluding hydrogens is 342 g/mol. The Morgan fingerprint density at radius 2 is 2.12 bits per heavy atom. The third-order valence-electron chi connectivity index (χ3n) is 3.91. The third kappa shape index (κ3) is 3.96. The summed E-state index contributed by atoms with van der Waals surface area (Å²) in [6.07, 6.45) is 0.709. The lowest BCUT2D eigenvalue weighted by Gasteiger charge is -2.23. The maximum Gasteiger partial charge on any atom is 0.255 e. The van der Waals surface area contributed by atoms with Crippen molar-refractivity contribution in [2.75, 3.05) is 18.2 Å². The van der Waals surface area contributed by atoms with E-state index in [1.54, 1.807) is 33.5 Å². The normalized spacial score (nSPS) is 17.0. The number of carbonyl (C=O) groups is 2. The van der Waals surface area contributed by atoms with Gasteiger partial charge in [0.2, 0.25) is 5.91 Å². The highest BCUT2D eigenvalue weighted by molar-refractivity contribution is 7.99. The van der Waals surface area contributed by atoms with E-state index in [4.69, 9.17) is 0 Å². The van der Waals surface area contributed by atoms with Crippen LogP contribution in [0.1, 0.15) is 21.6 Å². The molecule has 2 aromatic rings. The second-order valence-corrected chi connectivity index (χ2v) is 7.40. The molecule has 1 aromatic carbocycles. The maximum atomic E-state index is 12.7. The molecule has 2 amide bonds. The Labute approximate surface area is 149 Å². The van der Waals surface area contributed by atoms with Gasteiger partial charge in [0, 0.05) is 29.7 Å². The van der Waals surface area contributed by atoms with Crippen molar-refractivity contribution in [1.82, 2.24) is 15.2 Å². The number of aromatic nitrogens is 1. The van der Waals surface area contributed by atoms with Gasteiger partial charge in [-0.2, -0.15) is 0 Å². The van der Waals surface area contributed by atoms with Crippen LogP contribution in [0.2, 0.25) is 0 Å². The van der Waals surface area contributed by atoms with Crippen molar-refractivity contribution in [2.45, 2.75) is 19.4 Å². The number of carbonyl (C=O) groups excluding carboxylic acids is 2. The van der Waals surface area contributed by atoms with E-state index >= 15 is 0 Å². The van der Waals surface area contributed by atoms with E-state index in [0.717, 1.165) is 11.3 Å². The minimum atomic E-state index is -0.403. The lowest BCUT2D eigenvalue weighted by molar-refractivity contribution is -0.124. The zero-order valence-corrected chi connectivity index (χ0v) is 15.0. The first-order chi connectivity index (χ1) is 11.6. The number of hydrogen-bond donors (Lipinski definition) is 1. The summed E-state index contributed by atoms with van der Waals surface area (Å²) in [4.78, 5) is 31.0. The maximum absolute atomic E-state index is 12.7. The molecule has 0 aliphatic carbocycles. The number of nitrogens with one attached hydrogen (secondary N) is 1. The van der Waals surface area contributed by atoms with Crippen LogP contribution in [0.3, 0.4) is 0 Å². The van der Waals surface area contributed by atoms with Crippen molar-refractivity contribution in [3.8, 4) is 0 Å². The molecule has 1 aromatic heterocycles. The molecule has 0 saturated carbocycles. The first-order valence-electron chi connectivity index (χ1n) is 7.75. The summed E-state index contributed by atoms with van der Waals surface area (Å²) < 4.78 is 0. The Balaban J connectivity index is 1.58. The minimum absolute atomic E-state index is 0.0837. The second-order valence-electron chi connectivity index (χ2n) is 5.68. The quantitative estimate of drug-likeness (QED) is 0.888. The highest BCUT2D eigenvalue weighted by atomic mass is 32.2. The van der Waals surface area contributed by atoms with E-state index in [1.165, 1.54) is 0 Å². The molecule has 1 aliphatic rings. The zero-order chi connectivity index (χ0) is 16.9. The second kappa shape index (κ2) is 7.81. The molecule has 1 atom stereocenters. The van der Waals surface area contributed by atoms with Crippen molar-refractivity contribution in [2.24, 2.45) is 0 Å². The fourth-order valence-electron chi connectivity index (χ4n) is 2.51. The molecule has 3 rings (SSSR count). The summed E-state index contributed by atoms with van der Waals surface area (Å²) in [5.74, 6) is 1.02. The summed E-state index contributed by atoms with van der Waals surface area (Å²) in [6.45, 7) is 2.52. The van der Waals surface area contributed by atoms with Gasteiger partial charge in [0.15, 0.2) is 0 Å². The van der Waals surface area contributed by atoms with Crippen molar-refractivity contribution >= 4 is 34.9 Å². The summed E-state index contributed by atoms with van der Waals surface area (Å²) in [5.41, 5.74) is 4.50. The number of amides is 2. The van der Waals surface area contributed by atoms with Crippen LogP contribution in [0.25, 0.3) is 0 Å². The number of rotatable bonds is 5. The summed E-state index contributed by atoms with van der Waals surface area (Å²) in [7, 11) is 0. The van der Waals surface area contributed by atoms with Crippen LogP contribution in [0, 0.1) is 6.92 Å². The molecule has 1 fully saturated rings. The Hall–Kier alpha value is -1.86. The Bertz CT molecular complexity index is 701. The molecule has 5 nitrogen and oxygen atoms in total. The predicted molar refractivity (Wildman–Crippen MR) is 97.3 cm³/mol. The summed E-state index contributed by atoms with van der Waals surface area (Å²) in [6, 6.07) is 7.06.